The van der Waals surface area contributed by atoms with Gasteiger partial charge in [0.1, 0.15) is 0 Å². The van der Waals surface area contributed by atoms with Gasteiger partial charge in [-0.15, -0.1) is 0 Å². The van der Waals surface area contributed by atoms with E-state index in [1.165, 1.54) is 187 Å². The molecule has 0 atom stereocenters. The van der Waals surface area contributed by atoms with Gasteiger partial charge < -0.3 is 9.80 Å². The smallest absolute Gasteiger partial charge is 0.0468 e. The van der Waals surface area contributed by atoms with Crippen molar-refractivity contribution in [3.63, 3.8) is 0 Å². The van der Waals surface area contributed by atoms with Crippen molar-refractivity contribution in [2.45, 2.75) is 71.6 Å². The summed E-state index contributed by atoms with van der Waals surface area (Å²) in [6.07, 6.45) is 0. The summed E-state index contributed by atoms with van der Waals surface area (Å²) in [6, 6.07) is 117. The first-order valence-electron chi connectivity index (χ1n) is 36.6. The second-order valence-corrected chi connectivity index (χ2v) is 31.5. The molecule has 0 bridgehead atoms. The van der Waals surface area contributed by atoms with Crippen LogP contribution in [0.2, 0.25) is 0 Å². The van der Waals surface area contributed by atoms with Crippen LogP contribution in [0, 0.1) is 6.92 Å². The molecule has 0 fully saturated rings. The maximum atomic E-state index is 2.56. The van der Waals surface area contributed by atoms with E-state index in [1.54, 1.807) is 0 Å². The Morgan fingerprint density at radius 3 is 1.01 bits per heavy atom. The van der Waals surface area contributed by atoms with Gasteiger partial charge in [0.2, 0.25) is 0 Å². The highest BCUT2D eigenvalue weighted by Gasteiger charge is 2.40. The van der Waals surface area contributed by atoms with Crippen LogP contribution in [0.15, 0.2) is 303 Å². The molecule has 103 heavy (non-hydrogen) atoms. The van der Waals surface area contributed by atoms with Crippen LogP contribution in [0.1, 0.15) is 81.8 Å². The predicted molar refractivity (Wildman–Crippen MR) is 439 cm³/mol. The maximum Gasteiger partial charge on any atom is 0.0468 e. The van der Waals surface area contributed by atoms with E-state index in [4.69, 9.17) is 0 Å². The van der Waals surface area contributed by atoms with E-state index in [9.17, 15) is 0 Å². The maximum absolute atomic E-state index is 2.56. The van der Waals surface area contributed by atoms with Crippen LogP contribution >= 0.6 is 0 Å². The number of nitrogens with zero attached hydrogens (tertiary/aromatic N) is 2. The van der Waals surface area contributed by atoms with Crippen molar-refractivity contribution < 1.29 is 0 Å². The molecule has 488 valence electrons. The molecule has 0 spiro atoms. The number of anilines is 6. The van der Waals surface area contributed by atoms with Crippen molar-refractivity contribution >= 4 is 98.8 Å². The third-order valence-corrected chi connectivity index (χ3v) is 24.1. The normalized spacial score (nSPS) is 13.8. The summed E-state index contributed by atoms with van der Waals surface area (Å²) in [5, 5.41) is 15.0. The van der Waals surface area contributed by atoms with Crippen LogP contribution in [0.4, 0.5) is 34.1 Å². The first-order valence-corrected chi connectivity index (χ1v) is 36.6. The Morgan fingerprint density at radius 1 is 0.233 bits per heavy atom. The van der Waals surface area contributed by atoms with Crippen molar-refractivity contribution in [2.24, 2.45) is 0 Å². The van der Waals surface area contributed by atoms with Crippen LogP contribution in [0.3, 0.4) is 0 Å². The van der Waals surface area contributed by atoms with Gasteiger partial charge in [-0.3, -0.25) is 0 Å². The molecule has 0 aromatic heterocycles. The van der Waals surface area contributed by atoms with Crippen LogP contribution in [-0.2, 0) is 16.2 Å². The largest absolute Gasteiger partial charge is 0.310 e. The Hall–Kier alpha value is -12.1. The Kier molecular flexibility index (Phi) is 12.5. The van der Waals surface area contributed by atoms with Crippen LogP contribution in [0.25, 0.3) is 154 Å². The lowest BCUT2D eigenvalue weighted by Gasteiger charge is -2.30. The van der Waals surface area contributed by atoms with Gasteiger partial charge in [0.25, 0.3) is 0 Å². The Bertz CT molecular complexity index is 6530. The fraction of sp³-hybridized carbons (Fsp3) is 0.109. The third-order valence-electron chi connectivity index (χ3n) is 24.1. The van der Waals surface area contributed by atoms with Gasteiger partial charge >= 0.3 is 0 Å². The second-order valence-electron chi connectivity index (χ2n) is 31.5. The van der Waals surface area contributed by atoms with Crippen LogP contribution < -0.4 is 9.80 Å². The van der Waals surface area contributed by atoms with Gasteiger partial charge in [-0.1, -0.05) is 285 Å². The molecule has 0 heterocycles. The number of benzene rings is 17. The van der Waals surface area contributed by atoms with Gasteiger partial charge in [-0.2, -0.15) is 0 Å². The summed E-state index contributed by atoms with van der Waals surface area (Å²) in [4.78, 5) is 5.06. The lowest BCUT2D eigenvalue weighted by Crippen LogP contribution is -2.17. The molecule has 0 saturated heterocycles. The molecule has 0 unspecified atom stereocenters. The van der Waals surface area contributed by atoms with E-state index in [-0.39, 0.29) is 16.2 Å². The van der Waals surface area contributed by atoms with Gasteiger partial charge in [0.15, 0.2) is 0 Å². The van der Waals surface area contributed by atoms with E-state index >= 15 is 0 Å². The van der Waals surface area contributed by atoms with Gasteiger partial charge in [-0.25, -0.2) is 0 Å². The molecule has 21 rings (SSSR count). The van der Waals surface area contributed by atoms with Crippen molar-refractivity contribution in [3.8, 4) is 89.0 Å². The number of hydrogen-bond acceptors (Lipinski definition) is 2. The second kappa shape index (κ2) is 21.5. The molecule has 0 radical (unpaired) electrons. The zero-order chi connectivity index (χ0) is 69.1. The molecule has 17 aromatic carbocycles. The minimum atomic E-state index is -0.251. The van der Waals surface area contributed by atoms with E-state index in [2.05, 4.69) is 369 Å². The number of fused-ring (bicyclic) bond motifs is 18. The van der Waals surface area contributed by atoms with Crippen molar-refractivity contribution in [3.05, 3.63) is 337 Å². The molecule has 4 aliphatic carbocycles. The zero-order valence-corrected chi connectivity index (χ0v) is 59.3. The lowest BCUT2D eigenvalue weighted by molar-refractivity contribution is 0.590. The number of aryl methyl sites for hydroxylation is 1. The van der Waals surface area contributed by atoms with E-state index in [0.29, 0.717) is 0 Å². The van der Waals surface area contributed by atoms with Crippen molar-refractivity contribution in [2.75, 3.05) is 9.80 Å². The predicted octanol–water partition coefficient (Wildman–Crippen LogP) is 28.4. The molecular weight excluding hydrogens is 1240 g/mol. The monoisotopic (exact) mass is 1310 g/mol. The summed E-state index contributed by atoms with van der Waals surface area (Å²) < 4.78 is 0. The molecule has 0 aliphatic heterocycles. The molecular formula is C101H74N2. The molecule has 2 heteroatoms. The topological polar surface area (TPSA) is 6.48 Å². The third kappa shape index (κ3) is 8.50. The minimum absolute atomic E-state index is 0.0331. The Balaban J connectivity index is 0.868. The summed E-state index contributed by atoms with van der Waals surface area (Å²) in [6.45, 7) is 18.8. The van der Waals surface area contributed by atoms with Crippen LogP contribution in [0.5, 0.6) is 0 Å². The molecule has 0 N–H and O–H groups in total. The first-order chi connectivity index (χ1) is 50.2. The van der Waals surface area contributed by atoms with Gasteiger partial charge in [-0.05, 0) is 267 Å². The molecule has 0 amide bonds. The molecule has 0 saturated carbocycles. The fourth-order valence-electron chi connectivity index (χ4n) is 19.1. The van der Waals surface area contributed by atoms with E-state index < -0.39 is 0 Å². The molecule has 17 aromatic rings. The zero-order valence-electron chi connectivity index (χ0n) is 59.3. The Morgan fingerprint density at radius 2 is 0.573 bits per heavy atom. The minimum Gasteiger partial charge on any atom is -0.310 e. The SMILES string of the molecule is Cc1ccc(N(c2ccc3c(c2)C(C)(C)c2ccc4ccccc4c2-3)c2ccc3c(-c4ccc5c6c(cccc46)-c4ccccc4-5)c4cc(N(c5ccc(C(C)(C)C)cc5)c5ccc6c(c5)C(C)(C)c5ccc7ccccc7c5-6)ccc4c(-c4ccc5c6c(cccc46)-c4ccccc4-5)c3c2)cc1. The van der Waals surface area contributed by atoms with Crippen LogP contribution in [-0.4, -0.2) is 0 Å². The average Bonchev–Trinajstić information content (AvgIpc) is 1.67. The quantitative estimate of drug-likeness (QED) is 0.140. The summed E-state index contributed by atoms with van der Waals surface area (Å²) in [5.74, 6) is 0. The van der Waals surface area contributed by atoms with E-state index in [0.717, 1.165) is 34.1 Å². The highest BCUT2D eigenvalue weighted by atomic mass is 15.1. The fourth-order valence-corrected chi connectivity index (χ4v) is 19.1. The van der Waals surface area contributed by atoms with Gasteiger partial charge in [0, 0.05) is 45.0 Å². The number of rotatable bonds is 8. The standard InChI is InChI=1S/C101H74N2/c1-59-31-37-63(38-32-59)102(67-43-47-85-91(57-67)100(5,6)89-53-33-60-19-9-11-21-69(60)97(85)89)65-41-45-83-87(55-65)95(81-51-49-79-73-25-15-13-23-71(73)75-27-17-29-77(81)93(75)79)84-46-42-66(56-88(84)96(83)82-52-50-80-74-26-16-14-24-72(74)76-28-18-30-78(82)94(76)80)103(64-39-35-62(36-40-64)99(2,3)4)68-44-48-86-92(58-68)101(7,8)90-54-34-61-20-10-12-22-70(61)98(86)90/h9-58H,1-8H3. The van der Waals surface area contributed by atoms with Gasteiger partial charge in [0.05, 0.1) is 0 Å². The van der Waals surface area contributed by atoms with Crippen molar-refractivity contribution in [1.29, 1.82) is 0 Å². The first kappa shape index (κ1) is 59.7. The summed E-state index contributed by atoms with van der Waals surface area (Å²) in [7, 11) is 0. The lowest BCUT2D eigenvalue weighted by atomic mass is 9.81. The number of hydrogen-bond donors (Lipinski definition) is 0. The molecule has 2 nitrogen and oxygen atoms in total. The Labute approximate surface area is 602 Å². The average molecular weight is 1320 g/mol. The summed E-state index contributed by atoms with van der Waals surface area (Å²) in [5.41, 5.74) is 34.5. The van der Waals surface area contributed by atoms with Crippen molar-refractivity contribution in [1.82, 2.24) is 0 Å². The highest BCUT2D eigenvalue weighted by Crippen LogP contribution is 2.59. The highest BCUT2D eigenvalue weighted by molar-refractivity contribution is 6.30. The summed E-state index contributed by atoms with van der Waals surface area (Å²) >= 11 is 0. The molecule has 4 aliphatic rings. The van der Waals surface area contributed by atoms with E-state index in [1.807, 2.05) is 0 Å².